The number of fused-ring (bicyclic) bond motifs is 1. The Kier molecular flexibility index (Phi) is 4.10. The highest BCUT2D eigenvalue weighted by molar-refractivity contribution is 6.33. The summed E-state index contributed by atoms with van der Waals surface area (Å²) in [4.78, 5) is 25.1. The van der Waals surface area contributed by atoms with Gasteiger partial charge in [-0.2, -0.15) is 0 Å². The molecule has 23 heavy (non-hydrogen) atoms. The summed E-state index contributed by atoms with van der Waals surface area (Å²) in [6.07, 6.45) is 1.52. The molecule has 0 unspecified atom stereocenters. The summed E-state index contributed by atoms with van der Waals surface area (Å²) >= 11 is 0. The summed E-state index contributed by atoms with van der Waals surface area (Å²) in [6, 6.07) is 15.3. The van der Waals surface area contributed by atoms with Crippen LogP contribution in [0.25, 0.3) is 10.9 Å². The third kappa shape index (κ3) is 3.40. The van der Waals surface area contributed by atoms with E-state index in [1.54, 1.807) is 6.20 Å². The maximum absolute atomic E-state index is 11.4. The first-order valence-electron chi connectivity index (χ1n) is 7.16. The van der Waals surface area contributed by atoms with E-state index in [0.717, 1.165) is 16.5 Å². The van der Waals surface area contributed by atoms with Crippen molar-refractivity contribution in [3.63, 3.8) is 0 Å². The van der Waals surface area contributed by atoms with Crippen LogP contribution in [0.3, 0.4) is 0 Å². The molecular formula is C18H15NO4. The van der Waals surface area contributed by atoms with Crippen LogP contribution < -0.4 is 4.74 Å². The van der Waals surface area contributed by atoms with Gasteiger partial charge < -0.3 is 14.8 Å². The van der Waals surface area contributed by atoms with Crippen LogP contribution in [-0.2, 0) is 22.6 Å². The standard InChI is InChI=1S/C18H15NO4/c20-17(18(21)22)8-13-10-19-16-7-6-14(9-15(13)16)23-11-12-4-2-1-3-5-12/h1-7,9-10,19H,8,11H2,(H,21,22). The van der Waals surface area contributed by atoms with Gasteiger partial charge in [-0.25, -0.2) is 4.79 Å². The van der Waals surface area contributed by atoms with E-state index in [4.69, 9.17) is 9.84 Å². The SMILES string of the molecule is O=C(O)C(=O)Cc1c[nH]c2ccc(OCc3ccccc3)cc12. The highest BCUT2D eigenvalue weighted by Crippen LogP contribution is 2.25. The highest BCUT2D eigenvalue weighted by Gasteiger charge is 2.15. The lowest BCUT2D eigenvalue weighted by atomic mass is 10.1. The number of ketones is 1. The van der Waals surface area contributed by atoms with E-state index in [-0.39, 0.29) is 6.42 Å². The molecular weight excluding hydrogens is 294 g/mol. The van der Waals surface area contributed by atoms with Gasteiger partial charge in [0.25, 0.3) is 0 Å². The molecule has 3 aromatic rings. The van der Waals surface area contributed by atoms with Gasteiger partial charge in [0, 0.05) is 23.5 Å². The fourth-order valence-corrected chi connectivity index (χ4v) is 2.38. The van der Waals surface area contributed by atoms with Crippen LogP contribution in [-0.4, -0.2) is 21.8 Å². The molecule has 5 nitrogen and oxygen atoms in total. The molecule has 0 aliphatic carbocycles. The number of hydrogen-bond acceptors (Lipinski definition) is 3. The first-order chi connectivity index (χ1) is 11.1. The van der Waals surface area contributed by atoms with E-state index >= 15 is 0 Å². The number of carboxylic acid groups (broad SMARTS) is 1. The Morgan fingerprint density at radius 1 is 1.09 bits per heavy atom. The molecule has 1 aromatic heterocycles. The highest BCUT2D eigenvalue weighted by atomic mass is 16.5. The average molecular weight is 309 g/mol. The van der Waals surface area contributed by atoms with Crippen molar-refractivity contribution in [3.05, 3.63) is 65.9 Å². The van der Waals surface area contributed by atoms with Gasteiger partial charge in [0.2, 0.25) is 5.78 Å². The second-order valence-electron chi connectivity index (χ2n) is 5.20. The lowest BCUT2D eigenvalue weighted by Gasteiger charge is -2.07. The van der Waals surface area contributed by atoms with Crippen LogP contribution in [0.2, 0.25) is 0 Å². The molecule has 0 saturated heterocycles. The van der Waals surface area contributed by atoms with E-state index in [1.165, 1.54) is 0 Å². The Labute approximate surface area is 132 Å². The van der Waals surface area contributed by atoms with Crippen LogP contribution in [0.4, 0.5) is 0 Å². The third-order valence-corrected chi connectivity index (χ3v) is 3.58. The predicted molar refractivity (Wildman–Crippen MR) is 85.4 cm³/mol. The summed E-state index contributed by atoms with van der Waals surface area (Å²) in [5.41, 5.74) is 2.55. The van der Waals surface area contributed by atoms with Crippen LogP contribution >= 0.6 is 0 Å². The molecule has 0 radical (unpaired) electrons. The number of nitrogens with one attached hydrogen (secondary N) is 1. The van der Waals surface area contributed by atoms with Crippen molar-refractivity contribution in [3.8, 4) is 5.75 Å². The summed E-state index contributed by atoms with van der Waals surface area (Å²) < 4.78 is 5.76. The first-order valence-corrected chi connectivity index (χ1v) is 7.16. The molecule has 2 aromatic carbocycles. The number of hydrogen-bond donors (Lipinski definition) is 2. The number of carboxylic acids is 1. The lowest BCUT2D eigenvalue weighted by molar-refractivity contribution is -0.148. The van der Waals surface area contributed by atoms with Gasteiger partial charge in [0.15, 0.2) is 0 Å². The number of rotatable bonds is 6. The third-order valence-electron chi connectivity index (χ3n) is 3.58. The number of H-pyrrole nitrogens is 1. The summed E-state index contributed by atoms with van der Waals surface area (Å²) in [7, 11) is 0. The molecule has 0 spiro atoms. The average Bonchev–Trinajstić information content (AvgIpc) is 2.96. The number of aromatic amines is 1. The maximum Gasteiger partial charge on any atom is 0.372 e. The Bertz CT molecular complexity index is 852. The van der Waals surface area contributed by atoms with Gasteiger partial charge in [-0.3, -0.25) is 4.79 Å². The summed E-state index contributed by atoms with van der Waals surface area (Å²) in [5, 5.41) is 9.53. The molecule has 0 aliphatic rings. The predicted octanol–water partition coefficient (Wildman–Crippen LogP) is 2.94. The van der Waals surface area contributed by atoms with E-state index in [9.17, 15) is 9.59 Å². The van der Waals surface area contributed by atoms with E-state index in [1.807, 2.05) is 48.5 Å². The number of aromatic nitrogens is 1. The monoisotopic (exact) mass is 309 g/mol. The minimum absolute atomic E-state index is 0.141. The zero-order valence-corrected chi connectivity index (χ0v) is 12.3. The molecule has 116 valence electrons. The Morgan fingerprint density at radius 2 is 1.87 bits per heavy atom. The van der Waals surface area contributed by atoms with Crippen molar-refractivity contribution >= 4 is 22.7 Å². The minimum Gasteiger partial charge on any atom is -0.489 e. The Morgan fingerprint density at radius 3 is 2.61 bits per heavy atom. The van der Waals surface area contributed by atoms with Crippen LogP contribution in [0.1, 0.15) is 11.1 Å². The van der Waals surface area contributed by atoms with E-state index in [0.29, 0.717) is 17.9 Å². The minimum atomic E-state index is -1.42. The summed E-state index contributed by atoms with van der Waals surface area (Å²) in [5.74, 6) is -1.58. The molecule has 0 aliphatic heterocycles. The molecule has 0 amide bonds. The molecule has 0 bridgehead atoms. The lowest BCUT2D eigenvalue weighted by Crippen LogP contribution is -2.14. The number of carbonyl (C=O) groups excluding carboxylic acids is 1. The van der Waals surface area contributed by atoms with E-state index < -0.39 is 11.8 Å². The van der Waals surface area contributed by atoms with Gasteiger partial charge in [0.05, 0.1) is 0 Å². The number of Topliss-reactive ketones (excluding diaryl/α,β-unsaturated/α-hetero) is 1. The molecule has 3 rings (SSSR count). The largest absolute Gasteiger partial charge is 0.489 e. The second kappa shape index (κ2) is 6.36. The van der Waals surface area contributed by atoms with Crippen molar-refractivity contribution in [1.29, 1.82) is 0 Å². The Hall–Kier alpha value is -3.08. The zero-order chi connectivity index (χ0) is 16.2. The normalized spacial score (nSPS) is 10.6. The molecule has 1 heterocycles. The number of aliphatic carboxylic acids is 1. The number of benzene rings is 2. The van der Waals surface area contributed by atoms with Crippen molar-refractivity contribution in [2.75, 3.05) is 0 Å². The quantitative estimate of drug-likeness (QED) is 0.686. The van der Waals surface area contributed by atoms with Crippen molar-refractivity contribution in [1.82, 2.24) is 4.98 Å². The fraction of sp³-hybridized carbons (Fsp3) is 0.111. The smallest absolute Gasteiger partial charge is 0.372 e. The van der Waals surface area contributed by atoms with Crippen LogP contribution in [0, 0.1) is 0 Å². The van der Waals surface area contributed by atoms with E-state index in [2.05, 4.69) is 4.98 Å². The Balaban J connectivity index is 1.80. The maximum atomic E-state index is 11.4. The topological polar surface area (TPSA) is 79.4 Å². The fourth-order valence-electron chi connectivity index (χ4n) is 2.38. The van der Waals surface area contributed by atoms with Gasteiger partial charge in [-0.05, 0) is 29.3 Å². The molecule has 0 saturated carbocycles. The molecule has 2 N–H and O–H groups in total. The second-order valence-corrected chi connectivity index (χ2v) is 5.20. The van der Waals surface area contributed by atoms with Crippen molar-refractivity contribution < 1.29 is 19.4 Å². The van der Waals surface area contributed by atoms with Crippen molar-refractivity contribution in [2.45, 2.75) is 13.0 Å². The van der Waals surface area contributed by atoms with Gasteiger partial charge in [-0.1, -0.05) is 30.3 Å². The number of ether oxygens (including phenoxy) is 1. The molecule has 5 heteroatoms. The van der Waals surface area contributed by atoms with Gasteiger partial charge >= 0.3 is 5.97 Å². The molecule has 0 atom stereocenters. The molecule has 0 fully saturated rings. The van der Waals surface area contributed by atoms with Gasteiger partial charge in [0.1, 0.15) is 12.4 Å². The van der Waals surface area contributed by atoms with Crippen LogP contribution in [0.15, 0.2) is 54.7 Å². The first kappa shape index (κ1) is 14.8. The van der Waals surface area contributed by atoms with Crippen molar-refractivity contribution in [2.24, 2.45) is 0 Å². The van der Waals surface area contributed by atoms with Crippen LogP contribution in [0.5, 0.6) is 5.75 Å². The number of carbonyl (C=O) groups is 2. The van der Waals surface area contributed by atoms with Gasteiger partial charge in [-0.15, -0.1) is 0 Å². The zero-order valence-electron chi connectivity index (χ0n) is 12.3. The summed E-state index contributed by atoms with van der Waals surface area (Å²) in [6.45, 7) is 0.445.